The molecule has 2 aliphatic heterocycles. The molecule has 2 nitrogen and oxygen atoms in total. The predicted molar refractivity (Wildman–Crippen MR) is 111 cm³/mol. The molecule has 2 aliphatic rings. The topological polar surface area (TPSA) is 12.5 Å². The fraction of sp³-hybridized carbons (Fsp3) is 0.280. The van der Waals surface area contributed by atoms with Gasteiger partial charge in [-0.3, -0.25) is 4.90 Å². The van der Waals surface area contributed by atoms with Gasteiger partial charge in [0.25, 0.3) is 0 Å². The van der Waals surface area contributed by atoms with E-state index in [0.717, 1.165) is 32.6 Å². The summed E-state index contributed by atoms with van der Waals surface area (Å²) in [5.41, 5.74) is 4.39. The second-order valence-electron chi connectivity index (χ2n) is 7.76. The van der Waals surface area contributed by atoms with Crippen molar-refractivity contribution in [1.29, 1.82) is 0 Å². The van der Waals surface area contributed by atoms with Gasteiger partial charge in [-0.1, -0.05) is 84.4 Å². The minimum atomic E-state index is 0.391. The van der Waals surface area contributed by atoms with E-state index >= 15 is 0 Å². The van der Waals surface area contributed by atoms with Crippen LogP contribution in [0.2, 0.25) is 0 Å². The van der Waals surface area contributed by atoms with E-state index in [4.69, 9.17) is 4.74 Å². The smallest absolute Gasteiger partial charge is 0.0658 e. The maximum absolute atomic E-state index is 5.89. The zero-order valence-electron chi connectivity index (χ0n) is 15.6. The van der Waals surface area contributed by atoms with Crippen LogP contribution in [0.25, 0.3) is 10.8 Å². The van der Waals surface area contributed by atoms with E-state index in [-0.39, 0.29) is 0 Å². The Morgan fingerprint density at radius 3 is 2.56 bits per heavy atom. The fourth-order valence-electron chi connectivity index (χ4n) is 4.61. The highest BCUT2D eigenvalue weighted by molar-refractivity contribution is 5.85. The van der Waals surface area contributed by atoms with Gasteiger partial charge in [0.1, 0.15) is 0 Å². The molecule has 1 saturated heterocycles. The van der Waals surface area contributed by atoms with Gasteiger partial charge < -0.3 is 4.74 Å². The summed E-state index contributed by atoms with van der Waals surface area (Å²) in [6.07, 6.45) is 4.63. The molecule has 2 unspecified atom stereocenters. The van der Waals surface area contributed by atoms with Crippen molar-refractivity contribution in [3.8, 4) is 0 Å². The molecule has 0 aliphatic carbocycles. The number of benzene rings is 3. The first kappa shape index (κ1) is 16.7. The Labute approximate surface area is 161 Å². The number of ether oxygens (including phenoxy) is 1. The molecule has 2 bridgehead atoms. The Balaban J connectivity index is 1.40. The van der Waals surface area contributed by atoms with Crippen LogP contribution in [0.3, 0.4) is 0 Å². The first-order valence-corrected chi connectivity index (χ1v) is 9.90. The zero-order chi connectivity index (χ0) is 18.1. The van der Waals surface area contributed by atoms with Crippen LogP contribution in [-0.4, -0.2) is 30.2 Å². The molecule has 3 aromatic rings. The van der Waals surface area contributed by atoms with Crippen LogP contribution in [0.5, 0.6) is 0 Å². The van der Waals surface area contributed by atoms with Crippen LogP contribution in [0.1, 0.15) is 17.5 Å². The standard InChI is InChI=1S/C25H25NO/c1-2-7-19(8-3-1)16-26-23-14-20(15-24(26)18-27-17-23)13-22-11-6-10-21-9-4-5-12-25(21)22/h1-12,14,23-24H,13,15-18H2. The third-order valence-corrected chi connectivity index (χ3v) is 5.93. The largest absolute Gasteiger partial charge is 0.378 e. The summed E-state index contributed by atoms with van der Waals surface area (Å²) in [5.74, 6) is 0. The minimum Gasteiger partial charge on any atom is -0.378 e. The van der Waals surface area contributed by atoms with E-state index in [1.54, 1.807) is 5.57 Å². The lowest BCUT2D eigenvalue weighted by Gasteiger charge is -2.45. The van der Waals surface area contributed by atoms with Crippen molar-refractivity contribution < 1.29 is 4.74 Å². The fourth-order valence-corrected chi connectivity index (χ4v) is 4.61. The van der Waals surface area contributed by atoms with E-state index in [0.29, 0.717) is 12.1 Å². The van der Waals surface area contributed by atoms with Crippen molar-refractivity contribution >= 4 is 10.8 Å². The molecular formula is C25H25NO. The number of hydrogen-bond acceptors (Lipinski definition) is 2. The van der Waals surface area contributed by atoms with Gasteiger partial charge in [0.15, 0.2) is 0 Å². The summed E-state index contributed by atoms with van der Waals surface area (Å²) in [6, 6.07) is 27.1. The van der Waals surface area contributed by atoms with Crippen molar-refractivity contribution in [2.75, 3.05) is 13.2 Å². The Morgan fingerprint density at radius 1 is 0.852 bits per heavy atom. The van der Waals surface area contributed by atoms with Crippen molar-refractivity contribution in [1.82, 2.24) is 4.90 Å². The number of fused-ring (bicyclic) bond motifs is 3. The molecule has 0 amide bonds. The van der Waals surface area contributed by atoms with Gasteiger partial charge in [0.2, 0.25) is 0 Å². The van der Waals surface area contributed by atoms with E-state index in [1.165, 1.54) is 21.9 Å². The van der Waals surface area contributed by atoms with Gasteiger partial charge in [-0.25, -0.2) is 0 Å². The molecule has 2 atom stereocenters. The van der Waals surface area contributed by atoms with E-state index < -0.39 is 0 Å². The highest BCUT2D eigenvalue weighted by Crippen LogP contribution is 2.31. The molecule has 0 radical (unpaired) electrons. The van der Waals surface area contributed by atoms with E-state index in [9.17, 15) is 0 Å². The average molecular weight is 355 g/mol. The summed E-state index contributed by atoms with van der Waals surface area (Å²) < 4.78 is 5.89. The van der Waals surface area contributed by atoms with Gasteiger partial charge in [0.05, 0.1) is 19.3 Å². The Kier molecular flexibility index (Phi) is 4.52. The van der Waals surface area contributed by atoms with Gasteiger partial charge in [-0.2, -0.15) is 0 Å². The van der Waals surface area contributed by atoms with Crippen LogP contribution in [0, 0.1) is 0 Å². The van der Waals surface area contributed by atoms with Gasteiger partial charge in [0, 0.05) is 12.6 Å². The zero-order valence-corrected chi connectivity index (χ0v) is 15.6. The molecular weight excluding hydrogens is 330 g/mol. The third kappa shape index (κ3) is 3.43. The van der Waals surface area contributed by atoms with Crippen LogP contribution in [0.15, 0.2) is 84.4 Å². The SMILES string of the molecule is C1=C(Cc2cccc3ccccc23)CC2COCC1N2Cc1ccccc1. The molecule has 27 heavy (non-hydrogen) atoms. The van der Waals surface area contributed by atoms with Crippen molar-refractivity contribution in [2.45, 2.75) is 31.5 Å². The van der Waals surface area contributed by atoms with Crippen molar-refractivity contribution in [3.63, 3.8) is 0 Å². The van der Waals surface area contributed by atoms with Crippen LogP contribution >= 0.6 is 0 Å². The first-order chi connectivity index (χ1) is 13.4. The van der Waals surface area contributed by atoms with E-state index in [2.05, 4.69) is 83.8 Å². The highest BCUT2D eigenvalue weighted by atomic mass is 16.5. The molecule has 5 rings (SSSR count). The molecule has 0 spiro atoms. The van der Waals surface area contributed by atoms with Crippen LogP contribution in [-0.2, 0) is 17.7 Å². The molecule has 1 fully saturated rings. The molecule has 0 saturated carbocycles. The Morgan fingerprint density at radius 2 is 1.67 bits per heavy atom. The normalized spacial score (nSPS) is 22.6. The summed E-state index contributed by atoms with van der Waals surface area (Å²) in [5, 5.41) is 2.72. The second-order valence-corrected chi connectivity index (χ2v) is 7.76. The minimum absolute atomic E-state index is 0.391. The quantitative estimate of drug-likeness (QED) is 0.612. The number of rotatable bonds is 4. The average Bonchev–Trinajstić information content (AvgIpc) is 2.70. The van der Waals surface area contributed by atoms with E-state index in [1.807, 2.05) is 0 Å². The van der Waals surface area contributed by atoms with Crippen LogP contribution in [0.4, 0.5) is 0 Å². The van der Waals surface area contributed by atoms with Gasteiger partial charge >= 0.3 is 0 Å². The number of morpholine rings is 1. The van der Waals surface area contributed by atoms with Crippen LogP contribution < -0.4 is 0 Å². The molecule has 136 valence electrons. The molecule has 2 heteroatoms. The monoisotopic (exact) mass is 355 g/mol. The van der Waals surface area contributed by atoms with Gasteiger partial charge in [-0.05, 0) is 34.7 Å². The number of hydrogen-bond donors (Lipinski definition) is 0. The lowest BCUT2D eigenvalue weighted by molar-refractivity contribution is -0.0440. The maximum Gasteiger partial charge on any atom is 0.0658 e. The molecule has 0 N–H and O–H groups in total. The maximum atomic E-state index is 5.89. The summed E-state index contributed by atoms with van der Waals surface area (Å²) in [4.78, 5) is 2.63. The first-order valence-electron chi connectivity index (χ1n) is 9.90. The Bertz CT molecular complexity index is 957. The summed E-state index contributed by atoms with van der Waals surface area (Å²) >= 11 is 0. The molecule has 0 aromatic heterocycles. The van der Waals surface area contributed by atoms with Crippen molar-refractivity contribution in [2.24, 2.45) is 0 Å². The predicted octanol–water partition coefficient (Wildman–Crippen LogP) is 4.98. The summed E-state index contributed by atoms with van der Waals surface area (Å²) in [7, 11) is 0. The Hall–Kier alpha value is -2.42. The van der Waals surface area contributed by atoms with Gasteiger partial charge in [-0.15, -0.1) is 0 Å². The second kappa shape index (κ2) is 7.30. The summed E-state index contributed by atoms with van der Waals surface area (Å²) in [6.45, 7) is 2.66. The highest BCUT2D eigenvalue weighted by Gasteiger charge is 2.34. The number of nitrogens with zero attached hydrogens (tertiary/aromatic N) is 1. The molecule has 3 aromatic carbocycles. The lowest BCUT2D eigenvalue weighted by Crippen LogP contribution is -2.53. The molecule has 2 heterocycles. The lowest BCUT2D eigenvalue weighted by atomic mass is 9.88. The van der Waals surface area contributed by atoms with Crippen molar-refractivity contribution in [3.05, 3.63) is 95.6 Å². The third-order valence-electron chi connectivity index (χ3n) is 5.93.